The molecule has 1 N–H and O–H groups in total. The third-order valence-electron chi connectivity index (χ3n) is 2.32. The van der Waals surface area contributed by atoms with E-state index in [4.69, 9.17) is 5.26 Å². The van der Waals surface area contributed by atoms with E-state index in [9.17, 15) is 15.2 Å². The van der Waals surface area contributed by atoms with Gasteiger partial charge in [-0.05, 0) is 24.5 Å². The zero-order chi connectivity index (χ0) is 12.1. The van der Waals surface area contributed by atoms with Crippen LogP contribution in [0.1, 0.15) is 24.5 Å². The standard InChI is InChI=1S/C11H12N2O3/c1-2-10(14)6-8-3-4-11(13(15)16)9(5-8)7-12/h3-5,10,14H,2,6H2,1H3. The van der Waals surface area contributed by atoms with Crippen LogP contribution in [0.25, 0.3) is 0 Å². The van der Waals surface area contributed by atoms with Crippen molar-refractivity contribution in [1.29, 1.82) is 5.26 Å². The highest BCUT2D eigenvalue weighted by atomic mass is 16.6. The van der Waals surface area contributed by atoms with Crippen LogP contribution in [0.3, 0.4) is 0 Å². The molecule has 0 saturated carbocycles. The molecule has 0 saturated heterocycles. The van der Waals surface area contributed by atoms with Crippen LogP contribution in [0.2, 0.25) is 0 Å². The van der Waals surface area contributed by atoms with Crippen LogP contribution in [0.5, 0.6) is 0 Å². The van der Waals surface area contributed by atoms with Crippen LogP contribution in [0.4, 0.5) is 5.69 Å². The summed E-state index contributed by atoms with van der Waals surface area (Å²) in [7, 11) is 0. The lowest BCUT2D eigenvalue weighted by Gasteiger charge is -2.07. The second-order valence-electron chi connectivity index (χ2n) is 3.49. The molecule has 0 radical (unpaired) electrons. The van der Waals surface area contributed by atoms with E-state index < -0.39 is 11.0 Å². The maximum atomic E-state index is 10.6. The molecule has 0 fully saturated rings. The highest BCUT2D eigenvalue weighted by Gasteiger charge is 2.14. The van der Waals surface area contributed by atoms with Crippen molar-refractivity contribution >= 4 is 5.69 Å². The van der Waals surface area contributed by atoms with E-state index in [-0.39, 0.29) is 11.3 Å². The molecular weight excluding hydrogens is 208 g/mol. The highest BCUT2D eigenvalue weighted by molar-refractivity contribution is 5.50. The molecule has 5 heteroatoms. The topological polar surface area (TPSA) is 87.2 Å². The summed E-state index contributed by atoms with van der Waals surface area (Å²) in [5, 5.41) is 28.8. The number of benzene rings is 1. The molecule has 16 heavy (non-hydrogen) atoms. The fourth-order valence-electron chi connectivity index (χ4n) is 1.38. The van der Waals surface area contributed by atoms with Crippen molar-refractivity contribution in [2.24, 2.45) is 0 Å². The molecule has 0 bridgehead atoms. The van der Waals surface area contributed by atoms with Crippen LogP contribution in [0, 0.1) is 21.4 Å². The second kappa shape index (κ2) is 5.24. The number of hydrogen-bond acceptors (Lipinski definition) is 4. The first-order valence-electron chi connectivity index (χ1n) is 4.94. The Morgan fingerprint density at radius 1 is 1.62 bits per heavy atom. The summed E-state index contributed by atoms with van der Waals surface area (Å²) >= 11 is 0. The van der Waals surface area contributed by atoms with E-state index in [0.717, 1.165) is 5.56 Å². The van der Waals surface area contributed by atoms with Gasteiger partial charge in [0, 0.05) is 6.07 Å². The SMILES string of the molecule is CCC(O)Cc1ccc([N+](=O)[O-])c(C#N)c1. The van der Waals surface area contributed by atoms with Crippen LogP contribution < -0.4 is 0 Å². The molecule has 0 heterocycles. The minimum atomic E-state index is -0.585. The van der Waals surface area contributed by atoms with Crippen LogP contribution in [0.15, 0.2) is 18.2 Å². The summed E-state index contributed by atoms with van der Waals surface area (Å²) < 4.78 is 0. The van der Waals surface area contributed by atoms with E-state index in [2.05, 4.69) is 0 Å². The Hall–Kier alpha value is -1.93. The van der Waals surface area contributed by atoms with Gasteiger partial charge in [0.2, 0.25) is 0 Å². The van der Waals surface area contributed by atoms with Gasteiger partial charge in [0.25, 0.3) is 5.69 Å². The van der Waals surface area contributed by atoms with Crippen molar-refractivity contribution in [2.45, 2.75) is 25.9 Å². The smallest absolute Gasteiger partial charge is 0.287 e. The molecule has 0 aliphatic carbocycles. The molecule has 0 aliphatic heterocycles. The molecule has 0 aromatic heterocycles. The van der Waals surface area contributed by atoms with Gasteiger partial charge in [-0.15, -0.1) is 0 Å². The van der Waals surface area contributed by atoms with Crippen molar-refractivity contribution < 1.29 is 10.0 Å². The number of nitrogens with zero attached hydrogens (tertiary/aromatic N) is 2. The van der Waals surface area contributed by atoms with E-state index in [1.54, 1.807) is 12.1 Å². The predicted octanol–water partition coefficient (Wildman–Crippen LogP) is 1.78. The third kappa shape index (κ3) is 2.78. The summed E-state index contributed by atoms with van der Waals surface area (Å²) in [6.07, 6.45) is 0.537. The summed E-state index contributed by atoms with van der Waals surface area (Å²) in [6, 6.07) is 6.11. The van der Waals surface area contributed by atoms with Gasteiger partial charge in [-0.2, -0.15) is 5.26 Å². The molecule has 1 atom stereocenters. The maximum Gasteiger partial charge on any atom is 0.287 e. The third-order valence-corrected chi connectivity index (χ3v) is 2.32. The number of aliphatic hydroxyl groups is 1. The Bertz CT molecular complexity index is 437. The Kier molecular flexibility index (Phi) is 3.97. The van der Waals surface area contributed by atoms with Crippen LogP contribution in [-0.4, -0.2) is 16.1 Å². The van der Waals surface area contributed by atoms with Gasteiger partial charge < -0.3 is 5.11 Å². The number of rotatable bonds is 4. The van der Waals surface area contributed by atoms with Crippen molar-refractivity contribution in [3.63, 3.8) is 0 Å². The fourth-order valence-corrected chi connectivity index (χ4v) is 1.38. The van der Waals surface area contributed by atoms with Crippen LogP contribution >= 0.6 is 0 Å². The molecule has 1 rings (SSSR count). The number of hydrogen-bond donors (Lipinski definition) is 1. The lowest BCUT2D eigenvalue weighted by Crippen LogP contribution is -2.08. The van der Waals surface area contributed by atoms with Gasteiger partial charge in [0.05, 0.1) is 11.0 Å². The zero-order valence-electron chi connectivity index (χ0n) is 8.88. The highest BCUT2D eigenvalue weighted by Crippen LogP contribution is 2.20. The summed E-state index contributed by atoms with van der Waals surface area (Å²) in [4.78, 5) is 9.99. The molecule has 1 aromatic carbocycles. The molecule has 0 aliphatic rings. The van der Waals surface area contributed by atoms with Crippen molar-refractivity contribution in [2.75, 3.05) is 0 Å². The second-order valence-corrected chi connectivity index (χ2v) is 3.49. The first kappa shape index (κ1) is 12.1. The minimum Gasteiger partial charge on any atom is -0.393 e. The number of nitriles is 1. The Morgan fingerprint density at radius 3 is 2.81 bits per heavy atom. The Balaban J connectivity index is 3.01. The van der Waals surface area contributed by atoms with Crippen LogP contribution in [-0.2, 0) is 6.42 Å². The first-order chi connectivity index (χ1) is 7.58. The number of nitro groups is 1. The maximum absolute atomic E-state index is 10.6. The summed E-state index contributed by atoms with van der Waals surface area (Å²) in [6.45, 7) is 1.85. The Morgan fingerprint density at radius 2 is 2.31 bits per heavy atom. The first-order valence-corrected chi connectivity index (χ1v) is 4.94. The van der Waals surface area contributed by atoms with E-state index >= 15 is 0 Å². The minimum absolute atomic E-state index is 0.0332. The van der Waals surface area contributed by atoms with Crippen molar-refractivity contribution in [3.05, 3.63) is 39.4 Å². The average Bonchev–Trinajstić information content (AvgIpc) is 2.28. The molecule has 1 unspecified atom stereocenters. The van der Waals surface area contributed by atoms with Gasteiger partial charge in [-0.25, -0.2) is 0 Å². The van der Waals surface area contributed by atoms with Crippen molar-refractivity contribution in [1.82, 2.24) is 0 Å². The Labute approximate surface area is 93.1 Å². The van der Waals surface area contributed by atoms with Gasteiger partial charge in [0.15, 0.2) is 0 Å². The molecule has 5 nitrogen and oxygen atoms in total. The fraction of sp³-hybridized carbons (Fsp3) is 0.364. The zero-order valence-corrected chi connectivity index (χ0v) is 8.88. The molecule has 0 amide bonds. The predicted molar refractivity (Wildman–Crippen MR) is 57.8 cm³/mol. The summed E-state index contributed by atoms with van der Waals surface area (Å²) in [5.74, 6) is 0. The van der Waals surface area contributed by atoms with Crippen molar-refractivity contribution in [3.8, 4) is 6.07 Å². The molecule has 84 valence electrons. The van der Waals surface area contributed by atoms with Gasteiger partial charge >= 0.3 is 0 Å². The number of nitro benzene ring substituents is 1. The molecular formula is C11H12N2O3. The molecule has 0 spiro atoms. The molecule has 1 aromatic rings. The monoisotopic (exact) mass is 220 g/mol. The normalized spacial score (nSPS) is 11.8. The van der Waals surface area contributed by atoms with E-state index in [1.807, 2.05) is 6.92 Å². The van der Waals surface area contributed by atoms with Gasteiger partial charge in [-0.3, -0.25) is 10.1 Å². The average molecular weight is 220 g/mol. The summed E-state index contributed by atoms with van der Waals surface area (Å²) in [5.41, 5.74) is 0.569. The lowest BCUT2D eigenvalue weighted by molar-refractivity contribution is -0.385. The number of aliphatic hydroxyl groups excluding tert-OH is 1. The largest absolute Gasteiger partial charge is 0.393 e. The lowest BCUT2D eigenvalue weighted by atomic mass is 10.0. The van der Waals surface area contributed by atoms with Gasteiger partial charge in [-0.1, -0.05) is 13.0 Å². The van der Waals surface area contributed by atoms with E-state index in [0.29, 0.717) is 12.8 Å². The van der Waals surface area contributed by atoms with E-state index in [1.165, 1.54) is 12.1 Å². The van der Waals surface area contributed by atoms with Gasteiger partial charge in [0.1, 0.15) is 11.6 Å². The quantitative estimate of drug-likeness (QED) is 0.618.